The molecule has 0 aliphatic carbocycles. The summed E-state index contributed by atoms with van der Waals surface area (Å²) < 4.78 is 6.64. The van der Waals surface area contributed by atoms with Crippen LogP contribution in [-0.2, 0) is 42.1 Å². The van der Waals surface area contributed by atoms with E-state index in [-0.39, 0.29) is 42.1 Å². The maximum Gasteiger partial charge on any atom is 2.00 e. The van der Waals surface area contributed by atoms with Gasteiger partial charge in [0.25, 0.3) is 0 Å². The summed E-state index contributed by atoms with van der Waals surface area (Å²) in [5.41, 5.74) is 6.19. The van der Waals surface area contributed by atoms with Crippen LogP contribution in [0.15, 0.2) is 164 Å². The van der Waals surface area contributed by atoms with E-state index in [9.17, 15) is 0 Å². The number of pyridine rings is 2. The minimum atomic E-state index is -2.40. The molecular formula is C54H39N7Pt2Si2. The van der Waals surface area contributed by atoms with E-state index in [0.29, 0.717) is 5.95 Å². The summed E-state index contributed by atoms with van der Waals surface area (Å²) in [6.45, 7) is 9.56. The third-order valence-corrected chi connectivity index (χ3v) is 19.5. The van der Waals surface area contributed by atoms with Crippen LogP contribution in [0.4, 0.5) is 0 Å². The summed E-state index contributed by atoms with van der Waals surface area (Å²) in [5.74, 6) is 2.36. The van der Waals surface area contributed by atoms with Crippen LogP contribution in [0.25, 0.3) is 83.0 Å². The standard InChI is InChI=1S/C54H39N7Si2.2Pt/c1-62(2,36-20-24-42-40-14-5-7-16-46(40)59(48(42)32-36)52-18-9-11-28-55-52)38-22-26-44-45-27-23-39(35-51(45)61(50(44)34-38)54-57-30-13-31-58-54)63(3,4)37-21-25-43-41-15-6-8-17-47(41)60(49(43)33-37)53-19-10-12-29-56-53;;/h5-31H,1-4H3;;/q-4;2*+2. The molecular weight excluding hydrogens is 1190 g/mol. The number of benzene rings is 6. The summed E-state index contributed by atoms with van der Waals surface area (Å²) in [5, 5.41) is 11.6. The molecule has 318 valence electrons. The van der Waals surface area contributed by atoms with Gasteiger partial charge in [0.05, 0.1) is 16.1 Å². The molecule has 11 heteroatoms. The topological polar surface area (TPSA) is 66.3 Å². The molecule has 0 bridgehead atoms. The zero-order chi connectivity index (χ0) is 42.5. The molecule has 0 atom stereocenters. The van der Waals surface area contributed by atoms with Gasteiger partial charge in [-0.05, 0) is 53.2 Å². The number of para-hydroxylation sites is 2. The van der Waals surface area contributed by atoms with E-state index in [1.165, 1.54) is 31.5 Å². The van der Waals surface area contributed by atoms with E-state index in [2.05, 4.69) is 173 Å². The Hall–Kier alpha value is -6.09. The van der Waals surface area contributed by atoms with E-state index < -0.39 is 16.1 Å². The largest absolute Gasteiger partial charge is 2.00 e. The fourth-order valence-electron chi connectivity index (χ4n) is 9.45. The SMILES string of the molecule is C[Si](C)(c1[c-]c2c(cc1)c1ccc([Si](C)(C)c3[c-]c4c(cc3)c3ccccc3n4-c3ccccn3)[c-]c1n2-c1ncccn1)c1[c-]c2c(cc1)c1ccccc1n2-c1ccccn1.[Pt+2].[Pt+2]. The van der Waals surface area contributed by atoms with Crippen molar-refractivity contribution in [2.24, 2.45) is 0 Å². The Morgan fingerprint density at radius 2 is 0.677 bits per heavy atom. The van der Waals surface area contributed by atoms with Crippen LogP contribution < -0.4 is 20.7 Å². The van der Waals surface area contributed by atoms with Crippen LogP contribution in [0.3, 0.4) is 0 Å². The summed E-state index contributed by atoms with van der Waals surface area (Å²) >= 11 is 0. The number of aromatic nitrogens is 7. The predicted octanol–water partition coefficient (Wildman–Crippen LogP) is 9.40. The predicted molar refractivity (Wildman–Crippen MR) is 262 cm³/mol. The Bertz CT molecular complexity index is 3530. The second kappa shape index (κ2) is 16.4. The van der Waals surface area contributed by atoms with Gasteiger partial charge in [-0.25, -0.2) is 19.9 Å². The Morgan fingerprint density at radius 3 is 1.06 bits per heavy atom. The fourth-order valence-corrected chi connectivity index (χ4v) is 13.8. The Balaban J connectivity index is 0.00000249. The smallest absolute Gasteiger partial charge is 0.328 e. The summed E-state index contributed by atoms with van der Waals surface area (Å²) in [4.78, 5) is 19.2. The number of nitrogens with zero attached hydrogens (tertiary/aromatic N) is 7. The van der Waals surface area contributed by atoms with Crippen LogP contribution in [0.5, 0.6) is 0 Å². The molecule has 12 rings (SSSR count). The summed E-state index contributed by atoms with van der Waals surface area (Å²) in [6, 6.07) is 65.0. The molecule has 0 N–H and O–H groups in total. The fraction of sp³-hybridized carbons (Fsp3) is 0.0741. The van der Waals surface area contributed by atoms with Crippen LogP contribution >= 0.6 is 0 Å². The Kier molecular flexibility index (Phi) is 10.8. The molecule has 0 unspecified atom stereocenters. The van der Waals surface area contributed by atoms with E-state index in [4.69, 9.17) is 19.9 Å². The first-order valence-electron chi connectivity index (χ1n) is 21.2. The normalized spacial score (nSPS) is 12.1. The molecule has 0 aliphatic rings. The van der Waals surface area contributed by atoms with Gasteiger partial charge in [-0.2, -0.15) is 104 Å². The van der Waals surface area contributed by atoms with Gasteiger partial charge < -0.3 is 13.7 Å². The van der Waals surface area contributed by atoms with Crippen LogP contribution in [0.2, 0.25) is 26.2 Å². The van der Waals surface area contributed by atoms with Crippen molar-refractivity contribution < 1.29 is 42.1 Å². The van der Waals surface area contributed by atoms with Crippen LogP contribution in [0, 0.1) is 24.3 Å². The molecule has 65 heavy (non-hydrogen) atoms. The van der Waals surface area contributed by atoms with E-state index >= 15 is 0 Å². The zero-order valence-electron chi connectivity index (χ0n) is 35.9. The van der Waals surface area contributed by atoms with Gasteiger partial charge in [-0.3, -0.25) is 0 Å². The summed E-state index contributed by atoms with van der Waals surface area (Å²) in [6.07, 6.45) is 7.31. The van der Waals surface area contributed by atoms with E-state index in [1.807, 2.05) is 42.7 Å². The van der Waals surface area contributed by atoms with Gasteiger partial charge in [-0.1, -0.05) is 96.8 Å². The number of rotatable bonds is 7. The van der Waals surface area contributed by atoms with Crippen molar-refractivity contribution >= 4 is 102 Å². The molecule has 0 spiro atoms. The second-order valence-corrected chi connectivity index (χ2v) is 25.9. The van der Waals surface area contributed by atoms with Gasteiger partial charge in [0.2, 0.25) is 5.95 Å². The molecule has 0 radical (unpaired) electrons. The maximum absolute atomic E-state index is 4.81. The number of hydrogen-bond donors (Lipinski definition) is 0. The van der Waals surface area contributed by atoms with Crippen molar-refractivity contribution in [2.75, 3.05) is 0 Å². The first-order chi connectivity index (χ1) is 30.8. The van der Waals surface area contributed by atoms with Crippen molar-refractivity contribution in [2.45, 2.75) is 26.2 Å². The zero-order valence-corrected chi connectivity index (χ0v) is 42.4. The van der Waals surface area contributed by atoms with Gasteiger partial charge in [0.1, 0.15) is 11.6 Å². The minimum Gasteiger partial charge on any atom is -0.328 e. The third-order valence-electron chi connectivity index (χ3n) is 13.0. The van der Waals surface area contributed by atoms with Crippen molar-refractivity contribution in [1.29, 1.82) is 0 Å². The van der Waals surface area contributed by atoms with Crippen LogP contribution in [-0.4, -0.2) is 49.8 Å². The molecule has 6 aromatic heterocycles. The number of fused-ring (bicyclic) bond motifs is 9. The molecule has 0 saturated carbocycles. The van der Waals surface area contributed by atoms with E-state index in [1.54, 1.807) is 12.4 Å². The molecule has 12 aromatic rings. The van der Waals surface area contributed by atoms with Gasteiger partial charge in [0.15, 0.2) is 0 Å². The maximum atomic E-state index is 4.81. The van der Waals surface area contributed by atoms with Crippen molar-refractivity contribution in [3.8, 4) is 17.6 Å². The molecule has 7 nitrogen and oxygen atoms in total. The van der Waals surface area contributed by atoms with Crippen LogP contribution in [0.1, 0.15) is 0 Å². The first kappa shape index (κ1) is 42.8. The molecule has 6 heterocycles. The molecule has 0 saturated heterocycles. The molecule has 0 fully saturated rings. The summed E-state index contributed by atoms with van der Waals surface area (Å²) in [7, 11) is -4.80. The van der Waals surface area contributed by atoms with Gasteiger partial charge in [-0.15, -0.1) is 10.8 Å². The van der Waals surface area contributed by atoms with Gasteiger partial charge >= 0.3 is 42.1 Å². The number of hydrogen-bond acceptors (Lipinski definition) is 4. The minimum absolute atomic E-state index is 0. The third kappa shape index (κ3) is 6.74. The Labute approximate surface area is 407 Å². The quantitative estimate of drug-likeness (QED) is 0.118. The molecule has 0 amide bonds. The second-order valence-electron chi connectivity index (χ2n) is 17.3. The van der Waals surface area contributed by atoms with E-state index in [0.717, 1.165) is 66.3 Å². The molecule has 0 aliphatic heterocycles. The Morgan fingerprint density at radius 1 is 0.338 bits per heavy atom. The van der Waals surface area contributed by atoms with Crippen molar-refractivity contribution in [1.82, 2.24) is 33.6 Å². The van der Waals surface area contributed by atoms with Crippen molar-refractivity contribution in [3.63, 3.8) is 0 Å². The first-order valence-corrected chi connectivity index (χ1v) is 27.2. The average molecular weight is 1230 g/mol. The van der Waals surface area contributed by atoms with Crippen molar-refractivity contribution in [3.05, 3.63) is 189 Å². The molecule has 6 aromatic carbocycles. The average Bonchev–Trinajstić information content (AvgIpc) is 3.97. The monoisotopic (exact) mass is 1230 g/mol. The van der Waals surface area contributed by atoms with Gasteiger partial charge in [0, 0.05) is 35.8 Å².